The molecule has 0 saturated heterocycles. The van der Waals surface area contributed by atoms with E-state index in [4.69, 9.17) is 4.74 Å². The highest BCUT2D eigenvalue weighted by Gasteiger charge is 2.21. The molecule has 5 nitrogen and oxygen atoms in total. The summed E-state index contributed by atoms with van der Waals surface area (Å²) < 4.78 is 7.69. The quantitative estimate of drug-likeness (QED) is 0.378. The summed E-state index contributed by atoms with van der Waals surface area (Å²) in [4.78, 5) is 30.7. The summed E-state index contributed by atoms with van der Waals surface area (Å²) in [5.41, 5.74) is 2.38. The van der Waals surface area contributed by atoms with Crippen LogP contribution in [0.3, 0.4) is 0 Å². The first-order valence-corrected chi connectivity index (χ1v) is 10.7. The van der Waals surface area contributed by atoms with Crippen LogP contribution in [0.25, 0.3) is 21.3 Å². The van der Waals surface area contributed by atoms with Crippen molar-refractivity contribution >= 4 is 43.5 Å². The van der Waals surface area contributed by atoms with Crippen molar-refractivity contribution in [3.8, 4) is 11.1 Å². The number of benzene rings is 2. The van der Waals surface area contributed by atoms with E-state index in [-0.39, 0.29) is 12.2 Å². The minimum Gasteiger partial charge on any atom is -0.459 e. The van der Waals surface area contributed by atoms with Gasteiger partial charge in [0.2, 0.25) is 0 Å². The van der Waals surface area contributed by atoms with Gasteiger partial charge in [0.05, 0.1) is 11.7 Å². The zero-order chi connectivity index (χ0) is 20.4. The number of ether oxygens (including phenoxy) is 1. The number of halogens is 1. The summed E-state index contributed by atoms with van der Waals surface area (Å²) in [6.07, 6.45) is 1.42. The van der Waals surface area contributed by atoms with E-state index in [2.05, 4.69) is 20.9 Å². The molecule has 0 fully saturated rings. The maximum absolute atomic E-state index is 13.2. The smallest absolute Gasteiger partial charge is 0.329 e. The normalized spacial score (nSPS) is 12.1. The van der Waals surface area contributed by atoms with E-state index in [1.165, 1.54) is 22.2 Å². The summed E-state index contributed by atoms with van der Waals surface area (Å²) in [5.74, 6) is -0.475. The number of rotatable bonds is 5. The summed E-state index contributed by atoms with van der Waals surface area (Å²) >= 11 is 4.84. The van der Waals surface area contributed by atoms with Crippen molar-refractivity contribution in [2.75, 3.05) is 0 Å². The first-order chi connectivity index (χ1) is 14.0. The lowest BCUT2D eigenvalue weighted by Gasteiger charge is -2.14. The van der Waals surface area contributed by atoms with Gasteiger partial charge >= 0.3 is 5.97 Å². The van der Waals surface area contributed by atoms with E-state index in [1.54, 1.807) is 6.92 Å². The van der Waals surface area contributed by atoms with Gasteiger partial charge in [-0.3, -0.25) is 9.36 Å². The number of nitrogens with zero attached hydrogens (tertiary/aromatic N) is 2. The summed E-state index contributed by atoms with van der Waals surface area (Å²) in [7, 11) is 0. The van der Waals surface area contributed by atoms with Crippen LogP contribution in [0.2, 0.25) is 0 Å². The second-order valence-electron chi connectivity index (χ2n) is 6.56. The molecule has 0 aliphatic heterocycles. The summed E-state index contributed by atoms with van der Waals surface area (Å²) in [6, 6.07) is 16.4. The minimum absolute atomic E-state index is 0.164. The predicted octanol–water partition coefficient (Wildman–Crippen LogP) is 5.19. The number of esters is 1. The molecular formula is C22H17BrN2O3S. The molecule has 2 aromatic carbocycles. The number of hydrogen-bond donors (Lipinski definition) is 0. The Morgan fingerprint density at radius 1 is 1.17 bits per heavy atom. The molecule has 0 unspecified atom stereocenters. The summed E-state index contributed by atoms with van der Waals surface area (Å²) in [5, 5.41) is 2.44. The molecule has 0 bridgehead atoms. The van der Waals surface area contributed by atoms with Crippen LogP contribution in [-0.4, -0.2) is 15.5 Å². The van der Waals surface area contributed by atoms with Crippen LogP contribution in [0.5, 0.6) is 0 Å². The average molecular weight is 469 g/mol. The van der Waals surface area contributed by atoms with Gasteiger partial charge in [-0.15, -0.1) is 11.3 Å². The zero-order valence-electron chi connectivity index (χ0n) is 15.5. The standard InChI is InChI=1S/C22H17BrN2O3S/c1-14(22(27)28-11-15-5-3-2-4-6-15)25-13-24-20-19(21(25)26)18(12-29-20)16-7-9-17(23)10-8-16/h2-10,12-14H,11H2,1H3/t14-/m0/s1. The van der Waals surface area contributed by atoms with Gasteiger partial charge in [0.15, 0.2) is 0 Å². The Morgan fingerprint density at radius 2 is 1.90 bits per heavy atom. The average Bonchev–Trinajstić information content (AvgIpc) is 3.18. The largest absolute Gasteiger partial charge is 0.459 e. The highest BCUT2D eigenvalue weighted by molar-refractivity contribution is 9.10. The van der Waals surface area contributed by atoms with E-state index in [1.807, 2.05) is 60.0 Å². The third-order valence-electron chi connectivity index (χ3n) is 4.66. The van der Waals surface area contributed by atoms with Crippen molar-refractivity contribution in [1.82, 2.24) is 9.55 Å². The fourth-order valence-electron chi connectivity index (χ4n) is 3.03. The number of fused-ring (bicyclic) bond motifs is 1. The van der Waals surface area contributed by atoms with Crippen molar-refractivity contribution in [1.29, 1.82) is 0 Å². The van der Waals surface area contributed by atoms with Gasteiger partial charge in [0.1, 0.15) is 17.5 Å². The van der Waals surface area contributed by atoms with E-state index in [9.17, 15) is 9.59 Å². The molecule has 0 amide bonds. The minimum atomic E-state index is -0.777. The molecular weight excluding hydrogens is 452 g/mol. The van der Waals surface area contributed by atoms with Gasteiger partial charge < -0.3 is 4.74 Å². The summed E-state index contributed by atoms with van der Waals surface area (Å²) in [6.45, 7) is 1.81. The Kier molecular flexibility index (Phi) is 5.60. The van der Waals surface area contributed by atoms with Crippen LogP contribution in [0, 0.1) is 0 Å². The maximum atomic E-state index is 13.2. The lowest BCUT2D eigenvalue weighted by Crippen LogP contribution is -2.29. The third kappa shape index (κ3) is 4.02. The molecule has 0 saturated carbocycles. The molecule has 2 aromatic heterocycles. The Bertz CT molecular complexity index is 1220. The van der Waals surface area contributed by atoms with Crippen LogP contribution in [0.15, 0.2) is 75.6 Å². The molecule has 0 aliphatic carbocycles. The third-order valence-corrected chi connectivity index (χ3v) is 6.07. The number of hydrogen-bond acceptors (Lipinski definition) is 5. The Hall–Kier alpha value is -2.77. The molecule has 0 N–H and O–H groups in total. The van der Waals surface area contributed by atoms with E-state index >= 15 is 0 Å². The molecule has 4 rings (SSSR count). The molecule has 7 heteroatoms. The van der Waals surface area contributed by atoms with Crippen molar-refractivity contribution in [2.24, 2.45) is 0 Å². The molecule has 0 radical (unpaired) electrons. The topological polar surface area (TPSA) is 61.2 Å². The highest BCUT2D eigenvalue weighted by Crippen LogP contribution is 2.31. The van der Waals surface area contributed by atoms with Crippen molar-refractivity contribution < 1.29 is 9.53 Å². The number of carbonyl (C=O) groups is 1. The van der Waals surface area contributed by atoms with Crippen LogP contribution in [0.4, 0.5) is 0 Å². The maximum Gasteiger partial charge on any atom is 0.329 e. The number of aromatic nitrogens is 2. The SMILES string of the molecule is C[C@@H](C(=O)OCc1ccccc1)n1cnc2scc(-c3ccc(Br)cc3)c2c1=O. The van der Waals surface area contributed by atoms with Crippen molar-refractivity contribution in [3.63, 3.8) is 0 Å². The second-order valence-corrected chi connectivity index (χ2v) is 8.34. The lowest BCUT2D eigenvalue weighted by molar-refractivity contribution is -0.148. The molecule has 146 valence electrons. The molecule has 2 heterocycles. The monoisotopic (exact) mass is 468 g/mol. The zero-order valence-corrected chi connectivity index (χ0v) is 17.9. The van der Waals surface area contributed by atoms with Crippen molar-refractivity contribution in [2.45, 2.75) is 19.6 Å². The molecule has 29 heavy (non-hydrogen) atoms. The van der Waals surface area contributed by atoms with Crippen LogP contribution >= 0.6 is 27.3 Å². The molecule has 0 aliphatic rings. The van der Waals surface area contributed by atoms with Crippen LogP contribution in [-0.2, 0) is 16.1 Å². The first kappa shape index (κ1) is 19.5. The predicted molar refractivity (Wildman–Crippen MR) is 118 cm³/mol. The Morgan fingerprint density at radius 3 is 2.62 bits per heavy atom. The van der Waals surface area contributed by atoms with Gasteiger partial charge in [0, 0.05) is 15.4 Å². The van der Waals surface area contributed by atoms with Crippen LogP contribution < -0.4 is 5.56 Å². The highest BCUT2D eigenvalue weighted by atomic mass is 79.9. The fraction of sp³-hybridized carbons (Fsp3) is 0.136. The van der Waals surface area contributed by atoms with Gasteiger partial charge in [-0.25, -0.2) is 9.78 Å². The van der Waals surface area contributed by atoms with E-state index < -0.39 is 12.0 Å². The van der Waals surface area contributed by atoms with E-state index in [0.29, 0.717) is 10.2 Å². The Balaban J connectivity index is 1.64. The van der Waals surface area contributed by atoms with E-state index in [0.717, 1.165) is 21.2 Å². The number of carbonyl (C=O) groups excluding carboxylic acids is 1. The molecule has 0 spiro atoms. The fourth-order valence-corrected chi connectivity index (χ4v) is 4.20. The molecule has 1 atom stereocenters. The molecule has 4 aromatic rings. The van der Waals surface area contributed by atoms with Gasteiger partial charge in [-0.05, 0) is 30.2 Å². The van der Waals surface area contributed by atoms with Gasteiger partial charge in [0.25, 0.3) is 5.56 Å². The Labute approximate surface area is 179 Å². The first-order valence-electron chi connectivity index (χ1n) is 8.99. The second kappa shape index (κ2) is 8.31. The van der Waals surface area contributed by atoms with Crippen LogP contribution in [0.1, 0.15) is 18.5 Å². The van der Waals surface area contributed by atoms with Gasteiger partial charge in [-0.1, -0.05) is 58.4 Å². The lowest BCUT2D eigenvalue weighted by atomic mass is 10.1. The van der Waals surface area contributed by atoms with Gasteiger partial charge in [-0.2, -0.15) is 0 Å². The van der Waals surface area contributed by atoms with Crippen molar-refractivity contribution in [3.05, 3.63) is 86.7 Å². The number of thiophene rings is 1.